The molecule has 0 aromatic carbocycles. The first-order chi connectivity index (χ1) is 14.1. The lowest BCUT2D eigenvalue weighted by Gasteiger charge is -2.25. The number of rotatable bonds is 21. The van der Waals surface area contributed by atoms with E-state index in [1.54, 1.807) is 0 Å². The van der Waals surface area contributed by atoms with Crippen LogP contribution in [0.2, 0.25) is 0 Å². The number of amides is 1. The van der Waals surface area contributed by atoms with Gasteiger partial charge in [0.25, 0.3) is 0 Å². The predicted molar refractivity (Wildman–Crippen MR) is 126 cm³/mol. The fourth-order valence-corrected chi connectivity index (χ4v) is 3.58. The molecule has 0 radical (unpaired) electrons. The van der Waals surface area contributed by atoms with E-state index in [0.29, 0.717) is 12.8 Å². The quantitative estimate of drug-likeness (QED) is 0.103. The first-order valence-electron chi connectivity index (χ1n) is 12.6. The molecule has 0 aliphatic carbocycles. The molecule has 3 N–H and O–H groups in total. The van der Waals surface area contributed by atoms with Gasteiger partial charge in [-0.15, -0.1) is 0 Å². The van der Waals surface area contributed by atoms with Crippen LogP contribution >= 0.6 is 0 Å². The van der Waals surface area contributed by atoms with Crippen molar-refractivity contribution in [3.05, 3.63) is 17.4 Å². The fourth-order valence-electron chi connectivity index (χ4n) is 3.58. The highest BCUT2D eigenvalue weighted by Crippen LogP contribution is 2.12. The highest BCUT2D eigenvalue weighted by Gasteiger charge is 2.15. The summed E-state index contributed by atoms with van der Waals surface area (Å²) in [5.41, 5.74) is 5.62. The first-order valence-corrected chi connectivity index (χ1v) is 12.6. The largest absolute Gasteiger partial charge is 0.626 e. The molecule has 0 fully saturated rings. The van der Waals surface area contributed by atoms with Crippen molar-refractivity contribution in [3.63, 3.8) is 0 Å². The van der Waals surface area contributed by atoms with Crippen molar-refractivity contribution in [3.8, 4) is 0 Å². The van der Waals surface area contributed by atoms with Gasteiger partial charge in [0.15, 0.2) is 0 Å². The number of nitrogens with one attached hydrogen (secondary N) is 1. The number of nitrogens with two attached hydrogens (primary N) is 1. The van der Waals surface area contributed by atoms with Gasteiger partial charge in [0.05, 0.1) is 6.42 Å². The van der Waals surface area contributed by atoms with E-state index in [4.69, 9.17) is 5.73 Å². The maximum absolute atomic E-state index is 11.7. The third kappa shape index (κ3) is 19.0. The zero-order valence-electron chi connectivity index (χ0n) is 19.6. The van der Waals surface area contributed by atoms with Crippen molar-refractivity contribution in [1.29, 1.82) is 0 Å². The van der Waals surface area contributed by atoms with Crippen molar-refractivity contribution in [2.45, 2.75) is 142 Å². The molecule has 0 spiro atoms. The number of carbonyl (C=O) groups excluding carboxylic acids is 1. The molecule has 0 aromatic rings. The minimum Gasteiger partial charge on any atom is -0.626 e. The second kappa shape index (κ2) is 22.0. The van der Waals surface area contributed by atoms with E-state index in [1.165, 1.54) is 96.3 Å². The van der Waals surface area contributed by atoms with Crippen LogP contribution < -0.4 is 10.8 Å². The molecule has 0 bridgehead atoms. The molecular formula is C25H50N2O2. The van der Waals surface area contributed by atoms with Gasteiger partial charge in [0.2, 0.25) is 0 Å². The lowest BCUT2D eigenvalue weighted by atomic mass is 10.1. The zero-order chi connectivity index (χ0) is 21.6. The summed E-state index contributed by atoms with van der Waals surface area (Å²) >= 11 is 0. The molecule has 2 atom stereocenters. The lowest BCUT2D eigenvalue weighted by molar-refractivity contribution is -0.795. The van der Waals surface area contributed by atoms with Crippen LogP contribution in [0.25, 0.3) is 0 Å². The Bertz CT molecular complexity index is 385. The summed E-state index contributed by atoms with van der Waals surface area (Å²) in [6, 6.07) is 0. The van der Waals surface area contributed by atoms with Crippen molar-refractivity contribution < 1.29 is 9.86 Å². The van der Waals surface area contributed by atoms with E-state index in [1.807, 2.05) is 6.92 Å². The fraction of sp³-hybridized carbons (Fsp3) is 0.880. The molecule has 0 aliphatic rings. The minimum absolute atomic E-state index is 0.277. The molecular weight excluding hydrogens is 360 g/mol. The van der Waals surface area contributed by atoms with E-state index in [9.17, 15) is 10.0 Å². The summed E-state index contributed by atoms with van der Waals surface area (Å²) in [5, 5.41) is 11.2. The van der Waals surface area contributed by atoms with Gasteiger partial charge in [-0.2, -0.15) is 0 Å². The van der Waals surface area contributed by atoms with Crippen LogP contribution in [0.4, 0.5) is 0 Å². The zero-order valence-corrected chi connectivity index (χ0v) is 19.6. The Morgan fingerprint density at radius 1 is 0.759 bits per heavy atom. The van der Waals surface area contributed by atoms with Gasteiger partial charge >= 0.3 is 5.91 Å². The highest BCUT2D eigenvalue weighted by atomic mass is 16.5. The Hall–Kier alpha value is -0.710. The number of unbranched alkanes of at least 4 members (excludes halogenated alkanes) is 15. The number of carbonyl (C=O) groups is 1. The van der Waals surface area contributed by atoms with E-state index in [0.717, 1.165) is 12.8 Å². The summed E-state index contributed by atoms with van der Waals surface area (Å²) in [6.07, 6.45) is 26.8. The Balaban J connectivity index is 3.26. The Morgan fingerprint density at radius 2 is 1.17 bits per heavy atom. The molecule has 29 heavy (non-hydrogen) atoms. The smallest absolute Gasteiger partial charge is 0.313 e. The summed E-state index contributed by atoms with van der Waals surface area (Å²) < 4.78 is 0. The van der Waals surface area contributed by atoms with Crippen LogP contribution in [0.15, 0.2) is 12.2 Å². The Labute approximate surface area is 181 Å². The number of hydrogen-bond donors (Lipinski definition) is 2. The van der Waals surface area contributed by atoms with Crippen molar-refractivity contribution >= 4 is 5.91 Å². The molecule has 1 amide bonds. The molecule has 0 aromatic heterocycles. The van der Waals surface area contributed by atoms with Gasteiger partial charge < -0.3 is 5.21 Å². The lowest BCUT2D eigenvalue weighted by Crippen LogP contribution is -3.15. The third-order valence-electron chi connectivity index (χ3n) is 5.72. The monoisotopic (exact) mass is 410 g/mol. The van der Waals surface area contributed by atoms with Gasteiger partial charge in [-0.05, 0) is 32.1 Å². The molecule has 2 unspecified atom stereocenters. The predicted octanol–water partition coefficient (Wildman–Crippen LogP) is 6.19. The van der Waals surface area contributed by atoms with Gasteiger partial charge in [0.1, 0.15) is 6.17 Å². The van der Waals surface area contributed by atoms with Crippen LogP contribution in [-0.2, 0) is 4.79 Å². The van der Waals surface area contributed by atoms with Gasteiger partial charge in [-0.1, -0.05) is 103 Å². The summed E-state index contributed by atoms with van der Waals surface area (Å²) in [5.74, 6) is -0.277. The van der Waals surface area contributed by atoms with Crippen LogP contribution in [0, 0.1) is 5.21 Å². The Morgan fingerprint density at radius 3 is 1.62 bits per heavy atom. The molecule has 4 heteroatoms. The van der Waals surface area contributed by atoms with E-state index in [2.05, 4.69) is 19.1 Å². The number of quaternary nitrogens is 1. The highest BCUT2D eigenvalue weighted by molar-refractivity contribution is 5.66. The van der Waals surface area contributed by atoms with Gasteiger partial charge in [-0.25, -0.2) is 4.79 Å². The maximum atomic E-state index is 11.7. The van der Waals surface area contributed by atoms with Crippen LogP contribution in [-0.4, -0.2) is 12.1 Å². The molecule has 0 saturated heterocycles. The van der Waals surface area contributed by atoms with Crippen LogP contribution in [0.1, 0.15) is 136 Å². The van der Waals surface area contributed by atoms with Crippen LogP contribution in [0.5, 0.6) is 0 Å². The third-order valence-corrected chi connectivity index (χ3v) is 5.72. The summed E-state index contributed by atoms with van der Waals surface area (Å²) in [6.45, 7) is 4.11. The van der Waals surface area contributed by atoms with E-state index < -0.39 is 6.17 Å². The van der Waals surface area contributed by atoms with E-state index in [-0.39, 0.29) is 11.0 Å². The number of hydroxylamine groups is 2. The normalized spacial score (nSPS) is 13.8. The second-order valence-corrected chi connectivity index (χ2v) is 8.55. The van der Waals surface area contributed by atoms with Crippen molar-refractivity contribution in [1.82, 2.24) is 0 Å². The topological polar surface area (TPSA) is 70.6 Å². The maximum Gasteiger partial charge on any atom is 0.313 e. The Kier molecular flexibility index (Phi) is 21.4. The molecule has 172 valence electrons. The molecule has 0 heterocycles. The summed E-state index contributed by atoms with van der Waals surface area (Å²) in [7, 11) is 0. The number of hydrogen-bond acceptors (Lipinski definition) is 3. The molecule has 4 nitrogen and oxygen atoms in total. The average Bonchev–Trinajstić information content (AvgIpc) is 2.74. The van der Waals surface area contributed by atoms with Crippen molar-refractivity contribution in [2.24, 2.45) is 5.73 Å². The molecule has 0 aliphatic heterocycles. The first kappa shape index (κ1) is 28.3. The minimum atomic E-state index is -0.599. The summed E-state index contributed by atoms with van der Waals surface area (Å²) in [4.78, 5) is 11.7. The van der Waals surface area contributed by atoms with Crippen LogP contribution in [0.3, 0.4) is 0 Å². The average molecular weight is 411 g/mol. The van der Waals surface area contributed by atoms with E-state index >= 15 is 0 Å². The second-order valence-electron chi connectivity index (χ2n) is 8.55. The van der Waals surface area contributed by atoms with Gasteiger partial charge in [0, 0.05) is 6.42 Å². The molecule has 0 saturated carbocycles. The SMILES string of the molecule is CCCCCCCC/C=C\CCCCCCCCCCCC(=O)[NH+]([O-])C(N)CC. The van der Waals surface area contributed by atoms with Gasteiger partial charge in [-0.3, -0.25) is 10.8 Å². The number of allylic oxidation sites excluding steroid dienone is 2. The molecule has 0 rings (SSSR count). The standard InChI is InChI=1S/C25H50N2O2/c1-3-5-6-7-8-9-10-11-12-13-14-15-16-17-18-19-20-21-22-23-25(28)27(29)24(26)4-2/h11-12,24,27H,3-10,13-23,26H2,1-2H3/b12-11-. The van der Waals surface area contributed by atoms with Crippen molar-refractivity contribution in [2.75, 3.05) is 0 Å².